The second kappa shape index (κ2) is 11.5. The third kappa shape index (κ3) is 6.78. The summed E-state index contributed by atoms with van der Waals surface area (Å²) in [6, 6.07) is 16.1. The summed E-state index contributed by atoms with van der Waals surface area (Å²) in [4.78, 5) is 11.3. The Morgan fingerprint density at radius 2 is 1.74 bits per heavy atom. The quantitative estimate of drug-likeness (QED) is 0.402. The summed E-state index contributed by atoms with van der Waals surface area (Å²) in [7, 11) is 0. The molecule has 0 aromatic heterocycles. The van der Waals surface area contributed by atoms with Gasteiger partial charge in [0, 0.05) is 12.0 Å². The number of hydrogen-bond acceptors (Lipinski definition) is 7. The maximum Gasteiger partial charge on any atom is 0.315 e. The van der Waals surface area contributed by atoms with Crippen molar-refractivity contribution in [3.05, 3.63) is 60.2 Å². The minimum atomic E-state index is -1.02. The van der Waals surface area contributed by atoms with E-state index in [1.807, 2.05) is 18.2 Å². The Balaban J connectivity index is 2.16. The van der Waals surface area contributed by atoms with Gasteiger partial charge in [0.1, 0.15) is 30.3 Å². The average molecular weight is 392 g/mol. The number of esters is 1. The molecule has 2 aromatic carbocycles. The smallest absolute Gasteiger partial charge is 0.315 e. The number of ether oxygens (including phenoxy) is 3. The van der Waals surface area contributed by atoms with Gasteiger partial charge >= 0.3 is 5.97 Å². The van der Waals surface area contributed by atoms with Crippen LogP contribution in [0.3, 0.4) is 0 Å². The SMILES string of the molecule is O=C(CS)OCC[C@H](Oc1ccccc1)[C@@H](O)c1ccccc1OCCO. The zero-order valence-electron chi connectivity index (χ0n) is 14.9. The molecule has 7 heteroatoms. The van der Waals surface area contributed by atoms with Crippen molar-refractivity contribution in [2.45, 2.75) is 18.6 Å². The van der Waals surface area contributed by atoms with Crippen LogP contribution in [-0.2, 0) is 9.53 Å². The highest BCUT2D eigenvalue weighted by atomic mass is 32.1. The van der Waals surface area contributed by atoms with Crippen LogP contribution in [-0.4, -0.2) is 47.9 Å². The Hall–Kier alpha value is -2.22. The highest BCUT2D eigenvalue weighted by Gasteiger charge is 2.26. The second-order valence-corrected chi connectivity index (χ2v) is 6.01. The van der Waals surface area contributed by atoms with Crippen molar-refractivity contribution < 1.29 is 29.2 Å². The van der Waals surface area contributed by atoms with Crippen LogP contribution in [0.1, 0.15) is 18.1 Å². The Bertz CT molecular complexity index is 694. The van der Waals surface area contributed by atoms with Gasteiger partial charge < -0.3 is 24.4 Å². The molecule has 0 radical (unpaired) electrons. The van der Waals surface area contributed by atoms with E-state index in [0.717, 1.165) is 0 Å². The largest absolute Gasteiger partial charge is 0.491 e. The van der Waals surface area contributed by atoms with Gasteiger partial charge in [0.2, 0.25) is 0 Å². The molecule has 0 aliphatic carbocycles. The molecule has 2 atom stereocenters. The predicted octanol–water partition coefficient (Wildman–Crippen LogP) is 2.40. The molecule has 0 aliphatic heterocycles. The zero-order chi connectivity index (χ0) is 19.5. The van der Waals surface area contributed by atoms with Gasteiger partial charge in [-0.05, 0) is 18.2 Å². The first kappa shape index (κ1) is 21.1. The van der Waals surface area contributed by atoms with E-state index >= 15 is 0 Å². The first-order valence-electron chi connectivity index (χ1n) is 8.64. The summed E-state index contributed by atoms with van der Waals surface area (Å²) in [6.45, 7) is 0.0785. The molecule has 146 valence electrons. The number of carbonyl (C=O) groups excluding carboxylic acids is 1. The van der Waals surface area contributed by atoms with Gasteiger partial charge in [-0.3, -0.25) is 4.79 Å². The first-order chi connectivity index (χ1) is 13.2. The summed E-state index contributed by atoms with van der Waals surface area (Å²) in [5.74, 6) is 0.617. The van der Waals surface area contributed by atoms with Gasteiger partial charge in [-0.1, -0.05) is 36.4 Å². The Kier molecular flexibility index (Phi) is 8.97. The fourth-order valence-corrected chi connectivity index (χ4v) is 2.59. The number of aliphatic hydroxyl groups excluding tert-OH is 2. The van der Waals surface area contributed by atoms with Crippen molar-refractivity contribution in [2.24, 2.45) is 0 Å². The fourth-order valence-electron chi connectivity index (χ4n) is 2.50. The van der Waals surface area contributed by atoms with Crippen LogP contribution in [0.5, 0.6) is 11.5 Å². The van der Waals surface area contributed by atoms with Gasteiger partial charge in [0.25, 0.3) is 0 Å². The second-order valence-electron chi connectivity index (χ2n) is 5.69. The molecule has 0 saturated heterocycles. The molecule has 0 fully saturated rings. The number of para-hydroxylation sites is 2. The monoisotopic (exact) mass is 392 g/mol. The molecule has 2 aromatic rings. The molecule has 2 N–H and O–H groups in total. The molecule has 0 aliphatic rings. The predicted molar refractivity (Wildman–Crippen MR) is 104 cm³/mol. The zero-order valence-corrected chi connectivity index (χ0v) is 15.8. The number of thiol groups is 1. The van der Waals surface area contributed by atoms with Gasteiger partial charge in [-0.15, -0.1) is 0 Å². The molecule has 2 rings (SSSR count). The number of benzene rings is 2. The molecule has 6 nitrogen and oxygen atoms in total. The lowest BCUT2D eigenvalue weighted by atomic mass is 10.0. The molecule has 0 amide bonds. The molecule has 0 heterocycles. The third-order valence-corrected chi connectivity index (χ3v) is 4.02. The average Bonchev–Trinajstić information content (AvgIpc) is 2.71. The van der Waals surface area contributed by atoms with Crippen molar-refractivity contribution in [1.82, 2.24) is 0 Å². The standard InChI is InChI=1S/C20H24O6S/c21-11-13-24-17-9-5-4-8-16(17)20(23)18(10-12-25-19(22)14-27)26-15-6-2-1-3-7-15/h1-9,18,20-21,23,27H,10-14H2/t18-,20-/m0/s1. The van der Waals surface area contributed by atoms with E-state index in [2.05, 4.69) is 12.6 Å². The lowest BCUT2D eigenvalue weighted by Crippen LogP contribution is -2.28. The Morgan fingerprint density at radius 3 is 2.44 bits per heavy atom. The minimum absolute atomic E-state index is 0.00933. The summed E-state index contributed by atoms with van der Waals surface area (Å²) >= 11 is 3.87. The minimum Gasteiger partial charge on any atom is -0.491 e. The molecule has 0 unspecified atom stereocenters. The lowest BCUT2D eigenvalue weighted by Gasteiger charge is -2.26. The highest BCUT2D eigenvalue weighted by molar-refractivity contribution is 7.81. The first-order valence-corrected chi connectivity index (χ1v) is 9.27. The highest BCUT2D eigenvalue weighted by Crippen LogP contribution is 2.30. The van der Waals surface area contributed by atoms with Crippen molar-refractivity contribution >= 4 is 18.6 Å². The van der Waals surface area contributed by atoms with E-state index in [9.17, 15) is 9.90 Å². The molecular weight excluding hydrogens is 368 g/mol. The van der Waals surface area contributed by atoms with Crippen molar-refractivity contribution in [2.75, 3.05) is 25.6 Å². The van der Waals surface area contributed by atoms with Crippen LogP contribution in [0.25, 0.3) is 0 Å². The Morgan fingerprint density at radius 1 is 1.04 bits per heavy atom. The van der Waals surface area contributed by atoms with E-state index in [-0.39, 0.29) is 32.0 Å². The summed E-state index contributed by atoms with van der Waals surface area (Å²) in [5.41, 5.74) is 0.535. The maximum atomic E-state index is 11.3. The van der Waals surface area contributed by atoms with Gasteiger partial charge in [0.05, 0.1) is 19.0 Å². The normalized spacial score (nSPS) is 12.9. The van der Waals surface area contributed by atoms with E-state index in [0.29, 0.717) is 17.1 Å². The van der Waals surface area contributed by atoms with E-state index in [4.69, 9.17) is 19.3 Å². The van der Waals surface area contributed by atoms with Crippen LogP contribution < -0.4 is 9.47 Å². The van der Waals surface area contributed by atoms with Crippen LogP contribution in [0.2, 0.25) is 0 Å². The van der Waals surface area contributed by atoms with Crippen molar-refractivity contribution in [1.29, 1.82) is 0 Å². The van der Waals surface area contributed by atoms with E-state index < -0.39 is 18.2 Å². The molecule has 0 saturated carbocycles. The maximum absolute atomic E-state index is 11.3. The van der Waals surface area contributed by atoms with Crippen LogP contribution >= 0.6 is 12.6 Å². The molecular formula is C20H24O6S. The summed E-state index contributed by atoms with van der Waals surface area (Å²) < 4.78 is 16.5. The van der Waals surface area contributed by atoms with Gasteiger partial charge in [0.15, 0.2) is 0 Å². The third-order valence-electron chi connectivity index (χ3n) is 3.76. The Labute approximate surface area is 164 Å². The van der Waals surface area contributed by atoms with Crippen LogP contribution in [0, 0.1) is 0 Å². The number of carbonyl (C=O) groups is 1. The number of hydrogen-bond donors (Lipinski definition) is 3. The van der Waals surface area contributed by atoms with Crippen molar-refractivity contribution in [3.63, 3.8) is 0 Å². The topological polar surface area (TPSA) is 85.2 Å². The number of rotatable bonds is 11. The van der Waals surface area contributed by atoms with Crippen LogP contribution in [0.4, 0.5) is 0 Å². The van der Waals surface area contributed by atoms with Crippen molar-refractivity contribution in [3.8, 4) is 11.5 Å². The summed E-state index contributed by atoms with van der Waals surface area (Å²) in [5, 5.41) is 19.9. The molecule has 27 heavy (non-hydrogen) atoms. The summed E-state index contributed by atoms with van der Waals surface area (Å²) in [6.07, 6.45) is -1.40. The van der Waals surface area contributed by atoms with Gasteiger partial charge in [-0.2, -0.15) is 12.6 Å². The van der Waals surface area contributed by atoms with Crippen LogP contribution in [0.15, 0.2) is 54.6 Å². The number of aliphatic hydroxyl groups is 2. The molecule has 0 spiro atoms. The van der Waals surface area contributed by atoms with E-state index in [1.165, 1.54) is 0 Å². The molecule has 0 bridgehead atoms. The fraction of sp³-hybridized carbons (Fsp3) is 0.350. The van der Waals surface area contributed by atoms with E-state index in [1.54, 1.807) is 36.4 Å². The lowest BCUT2D eigenvalue weighted by molar-refractivity contribution is -0.141. The van der Waals surface area contributed by atoms with Gasteiger partial charge in [-0.25, -0.2) is 0 Å².